The van der Waals surface area contributed by atoms with Gasteiger partial charge >= 0.3 is 0 Å². The molecule has 0 saturated carbocycles. The number of sulfonamides is 1. The largest absolute Gasteiger partial charge is 0.337 e. The highest BCUT2D eigenvalue weighted by Crippen LogP contribution is 2.30. The Kier molecular flexibility index (Phi) is 5.99. The van der Waals surface area contributed by atoms with Crippen LogP contribution >= 0.6 is 11.3 Å². The number of carbonyl (C=O) groups excluding carboxylic acids is 1. The lowest BCUT2D eigenvalue weighted by Gasteiger charge is -2.22. The van der Waals surface area contributed by atoms with E-state index in [9.17, 15) is 17.6 Å². The molecule has 2 heterocycles. The van der Waals surface area contributed by atoms with Crippen molar-refractivity contribution in [2.24, 2.45) is 0 Å². The summed E-state index contributed by atoms with van der Waals surface area (Å²) in [4.78, 5) is 15.6. The lowest BCUT2D eigenvalue weighted by molar-refractivity contribution is 0.0770. The minimum atomic E-state index is -3.72. The Morgan fingerprint density at radius 2 is 1.63 bits per heavy atom. The van der Waals surface area contributed by atoms with Crippen LogP contribution in [0.25, 0.3) is 11.1 Å². The fourth-order valence-electron chi connectivity index (χ4n) is 3.56. The summed E-state index contributed by atoms with van der Waals surface area (Å²) in [5.74, 6) is -0.559. The smallest absolute Gasteiger partial charge is 0.264 e. The standard InChI is InChI=1S/C22H21FN2O3S2/c23-18-7-9-19(10-8-18)30(27,28)25-13-4-12-24(14-15-25)22(26)21-20(11-16-29-21)17-5-2-1-3-6-17/h1-3,5-11,16H,4,12-15H2. The van der Waals surface area contributed by atoms with E-state index in [1.54, 1.807) is 4.90 Å². The summed E-state index contributed by atoms with van der Waals surface area (Å²) in [6.45, 7) is 1.32. The third-order valence-corrected chi connectivity index (χ3v) is 7.95. The van der Waals surface area contributed by atoms with Crippen LogP contribution in [0.3, 0.4) is 0 Å². The van der Waals surface area contributed by atoms with Crippen LogP contribution in [0.4, 0.5) is 4.39 Å². The van der Waals surface area contributed by atoms with Crippen LogP contribution in [-0.4, -0.2) is 49.7 Å². The van der Waals surface area contributed by atoms with Gasteiger partial charge in [-0.05, 0) is 47.7 Å². The van der Waals surface area contributed by atoms with E-state index >= 15 is 0 Å². The minimum Gasteiger partial charge on any atom is -0.337 e. The first kappa shape index (κ1) is 20.7. The monoisotopic (exact) mass is 444 g/mol. The third kappa shape index (κ3) is 4.16. The second kappa shape index (κ2) is 8.67. The van der Waals surface area contributed by atoms with Gasteiger partial charge < -0.3 is 4.90 Å². The van der Waals surface area contributed by atoms with Gasteiger partial charge in [-0.15, -0.1) is 11.3 Å². The molecule has 0 unspecified atom stereocenters. The summed E-state index contributed by atoms with van der Waals surface area (Å²) in [5.41, 5.74) is 1.88. The number of halogens is 1. The third-order valence-electron chi connectivity index (χ3n) is 5.14. The van der Waals surface area contributed by atoms with Crippen LogP contribution in [0.1, 0.15) is 16.1 Å². The second-order valence-corrected chi connectivity index (χ2v) is 9.89. The summed E-state index contributed by atoms with van der Waals surface area (Å²) in [6, 6.07) is 16.5. The lowest BCUT2D eigenvalue weighted by Crippen LogP contribution is -2.37. The van der Waals surface area contributed by atoms with E-state index in [1.807, 2.05) is 41.8 Å². The second-order valence-electron chi connectivity index (χ2n) is 7.03. The summed E-state index contributed by atoms with van der Waals surface area (Å²) >= 11 is 1.40. The van der Waals surface area contributed by atoms with E-state index in [2.05, 4.69) is 0 Å². The molecule has 1 aliphatic heterocycles. The highest BCUT2D eigenvalue weighted by molar-refractivity contribution is 7.89. The molecule has 1 saturated heterocycles. The zero-order valence-corrected chi connectivity index (χ0v) is 17.8. The molecule has 0 atom stereocenters. The molecule has 0 N–H and O–H groups in total. The van der Waals surface area contributed by atoms with E-state index in [0.29, 0.717) is 30.9 Å². The number of rotatable bonds is 4. The maximum Gasteiger partial charge on any atom is 0.264 e. The highest BCUT2D eigenvalue weighted by atomic mass is 32.2. The van der Waals surface area contributed by atoms with Crippen molar-refractivity contribution in [1.29, 1.82) is 0 Å². The van der Waals surface area contributed by atoms with Gasteiger partial charge in [0.15, 0.2) is 0 Å². The first-order valence-electron chi connectivity index (χ1n) is 9.65. The van der Waals surface area contributed by atoms with Gasteiger partial charge in [-0.1, -0.05) is 30.3 Å². The maximum absolute atomic E-state index is 13.2. The number of benzene rings is 2. The van der Waals surface area contributed by atoms with E-state index < -0.39 is 15.8 Å². The molecular formula is C22H21FN2O3S2. The molecule has 0 radical (unpaired) electrons. The van der Waals surface area contributed by atoms with Gasteiger partial charge in [0.05, 0.1) is 9.77 Å². The van der Waals surface area contributed by atoms with Crippen molar-refractivity contribution in [2.45, 2.75) is 11.3 Å². The van der Waals surface area contributed by atoms with Crippen LogP contribution in [-0.2, 0) is 10.0 Å². The van der Waals surface area contributed by atoms with Gasteiger partial charge in [-0.25, -0.2) is 12.8 Å². The van der Waals surface area contributed by atoms with Crippen molar-refractivity contribution in [3.8, 4) is 11.1 Å². The van der Waals surface area contributed by atoms with Gasteiger partial charge in [-0.3, -0.25) is 4.79 Å². The van der Waals surface area contributed by atoms with Crippen molar-refractivity contribution in [2.75, 3.05) is 26.2 Å². The molecule has 3 aromatic rings. The van der Waals surface area contributed by atoms with Gasteiger partial charge in [0.25, 0.3) is 5.91 Å². The topological polar surface area (TPSA) is 57.7 Å². The van der Waals surface area contributed by atoms with E-state index in [1.165, 1.54) is 27.8 Å². The zero-order chi connectivity index (χ0) is 21.1. The fourth-order valence-corrected chi connectivity index (χ4v) is 5.91. The molecule has 2 aromatic carbocycles. The maximum atomic E-state index is 13.2. The number of nitrogens with zero attached hydrogens (tertiary/aromatic N) is 2. The number of amides is 1. The molecule has 1 aromatic heterocycles. The van der Waals surface area contributed by atoms with Crippen molar-refractivity contribution >= 4 is 27.3 Å². The highest BCUT2D eigenvalue weighted by Gasteiger charge is 2.29. The SMILES string of the molecule is O=C(c1sccc1-c1ccccc1)N1CCCN(S(=O)(=O)c2ccc(F)cc2)CC1. The average Bonchev–Trinajstić information content (AvgIpc) is 3.11. The minimum absolute atomic E-state index is 0.0632. The van der Waals surface area contributed by atoms with Crippen molar-refractivity contribution in [1.82, 2.24) is 9.21 Å². The van der Waals surface area contributed by atoms with Crippen molar-refractivity contribution in [3.63, 3.8) is 0 Å². The van der Waals surface area contributed by atoms with Crippen LogP contribution in [0.5, 0.6) is 0 Å². The number of thiophene rings is 1. The normalized spacial score (nSPS) is 15.7. The molecule has 8 heteroatoms. The molecule has 1 amide bonds. The molecule has 156 valence electrons. The van der Waals surface area contributed by atoms with Gasteiger partial charge in [0.1, 0.15) is 5.82 Å². The number of hydrogen-bond donors (Lipinski definition) is 0. The van der Waals surface area contributed by atoms with Gasteiger partial charge in [0.2, 0.25) is 10.0 Å². The Labute approximate surface area is 179 Å². The Bertz CT molecular complexity index is 1130. The predicted molar refractivity (Wildman–Crippen MR) is 115 cm³/mol. The van der Waals surface area contributed by atoms with Crippen LogP contribution in [0, 0.1) is 5.82 Å². The number of hydrogen-bond acceptors (Lipinski definition) is 4. The Morgan fingerprint density at radius 1 is 0.900 bits per heavy atom. The van der Waals surface area contributed by atoms with Crippen molar-refractivity contribution in [3.05, 3.63) is 76.7 Å². The molecule has 0 spiro atoms. The Morgan fingerprint density at radius 3 is 2.37 bits per heavy atom. The van der Waals surface area contributed by atoms with E-state index in [0.717, 1.165) is 23.3 Å². The molecule has 0 aliphatic carbocycles. The Balaban J connectivity index is 1.51. The van der Waals surface area contributed by atoms with Gasteiger partial charge in [0, 0.05) is 31.7 Å². The molecule has 4 rings (SSSR count). The van der Waals surface area contributed by atoms with Gasteiger partial charge in [-0.2, -0.15) is 4.31 Å². The predicted octanol–water partition coefficient (Wildman–Crippen LogP) is 4.09. The van der Waals surface area contributed by atoms with E-state index in [-0.39, 0.29) is 17.3 Å². The molecule has 30 heavy (non-hydrogen) atoms. The average molecular weight is 445 g/mol. The van der Waals surface area contributed by atoms with Crippen molar-refractivity contribution < 1.29 is 17.6 Å². The summed E-state index contributed by atoms with van der Waals surface area (Å²) in [6.07, 6.45) is 0.540. The molecule has 1 aliphatic rings. The van der Waals surface area contributed by atoms with Crippen LogP contribution in [0.15, 0.2) is 70.9 Å². The summed E-state index contributed by atoms with van der Waals surface area (Å²) in [5, 5.41) is 1.90. The Hall–Kier alpha value is -2.55. The zero-order valence-electron chi connectivity index (χ0n) is 16.2. The summed E-state index contributed by atoms with van der Waals surface area (Å²) in [7, 11) is -3.72. The first-order chi connectivity index (χ1) is 14.5. The summed E-state index contributed by atoms with van der Waals surface area (Å²) < 4.78 is 40.3. The van der Waals surface area contributed by atoms with Crippen LogP contribution in [0.2, 0.25) is 0 Å². The number of carbonyl (C=O) groups is 1. The molecule has 5 nitrogen and oxygen atoms in total. The fraction of sp³-hybridized carbons (Fsp3) is 0.227. The molecule has 0 bridgehead atoms. The molecular weight excluding hydrogens is 423 g/mol. The lowest BCUT2D eigenvalue weighted by atomic mass is 10.1. The molecule has 1 fully saturated rings. The first-order valence-corrected chi connectivity index (χ1v) is 12.0. The quantitative estimate of drug-likeness (QED) is 0.609. The van der Waals surface area contributed by atoms with Crippen LogP contribution < -0.4 is 0 Å². The van der Waals surface area contributed by atoms with E-state index in [4.69, 9.17) is 0 Å².